The van der Waals surface area contributed by atoms with Crippen LogP contribution in [0.15, 0.2) is 12.7 Å². The van der Waals surface area contributed by atoms with E-state index in [1.54, 1.807) is 0 Å². The van der Waals surface area contributed by atoms with Crippen LogP contribution in [0.3, 0.4) is 0 Å². The molecule has 40 heavy (non-hydrogen) atoms. The van der Waals surface area contributed by atoms with Gasteiger partial charge in [-0.05, 0) is 0 Å². The Morgan fingerprint density at radius 3 is 2.35 bits per heavy atom. The second kappa shape index (κ2) is 15.6. The predicted octanol–water partition coefficient (Wildman–Crippen LogP) is -11.3. The van der Waals surface area contributed by atoms with Crippen molar-refractivity contribution in [3.05, 3.63) is 12.7 Å². The molecule has 0 saturated carbocycles. The number of anilines is 1. The van der Waals surface area contributed by atoms with E-state index in [9.17, 15) is 54.4 Å². The SMILES string of the molecule is Nc1ncnc2c1ncn2C1OC(COP(=O)(OC(CO)C(O)C(O)C(O)C=O)OP(=O)([O-])[O-])C(O)C1O.[Na+].[Na+]. The van der Waals surface area contributed by atoms with Gasteiger partial charge in [0.2, 0.25) is 0 Å². The molecule has 1 fully saturated rings. The van der Waals surface area contributed by atoms with Crippen LogP contribution in [0, 0.1) is 0 Å². The summed E-state index contributed by atoms with van der Waals surface area (Å²) < 4.78 is 44.0. The molecule has 1 aliphatic rings. The quantitative estimate of drug-likeness (QED) is 0.0611. The molecule has 1 aliphatic heterocycles. The van der Waals surface area contributed by atoms with Crippen LogP contribution in [0.25, 0.3) is 11.2 Å². The standard InChI is InChI=1S/C16H25N5O15P2.2Na/c17-14-9-15(19-4-18-14)21(5-20-9)16-13(28)12(27)8(34-16)3-33-38(32,36-37(29,30)31)35-7(2-23)11(26)10(25)6(24)1-22;;/h1,4-8,10-13,16,23-28H,2-3H2,(H2,17,18,19)(H2,29,30,31);;/q;2*+1/p-2. The number of imidazole rings is 1. The number of phosphoric acid groups is 2. The number of carbonyl (C=O) groups is 1. The largest absolute Gasteiger partial charge is 1.00 e. The van der Waals surface area contributed by atoms with Gasteiger partial charge in [0.15, 0.2) is 24.0 Å². The summed E-state index contributed by atoms with van der Waals surface area (Å²) in [6.45, 7) is -2.38. The molecule has 0 amide bonds. The number of nitrogens with zero attached hydrogens (tertiary/aromatic N) is 4. The van der Waals surface area contributed by atoms with Crippen molar-refractivity contribution in [1.82, 2.24) is 19.5 Å². The number of hydrogen-bond donors (Lipinski definition) is 7. The van der Waals surface area contributed by atoms with Crippen LogP contribution in [0.5, 0.6) is 0 Å². The fourth-order valence-electron chi connectivity index (χ4n) is 3.39. The minimum absolute atomic E-state index is 0. The van der Waals surface area contributed by atoms with Crippen molar-refractivity contribution in [2.75, 3.05) is 18.9 Å². The smallest absolute Gasteiger partial charge is 0.789 e. The van der Waals surface area contributed by atoms with Crippen molar-refractivity contribution < 1.29 is 132 Å². The molecule has 24 heteroatoms. The third-order valence-corrected chi connectivity index (χ3v) is 7.85. The van der Waals surface area contributed by atoms with Gasteiger partial charge in [-0.25, -0.2) is 19.5 Å². The summed E-state index contributed by atoms with van der Waals surface area (Å²) in [7, 11) is -11.7. The van der Waals surface area contributed by atoms with E-state index in [-0.39, 0.29) is 82.4 Å². The molecule has 9 unspecified atom stereocenters. The Morgan fingerprint density at radius 2 is 1.77 bits per heavy atom. The van der Waals surface area contributed by atoms with Gasteiger partial charge in [0.05, 0.1) is 27.4 Å². The molecule has 0 aliphatic carbocycles. The number of fused-ring (bicyclic) bond motifs is 1. The molecule has 214 valence electrons. The molecule has 3 heterocycles. The first-order valence-corrected chi connectivity index (χ1v) is 13.3. The van der Waals surface area contributed by atoms with Gasteiger partial charge in [0, 0.05) is 0 Å². The van der Waals surface area contributed by atoms with Gasteiger partial charge in [0.25, 0.3) is 0 Å². The topological polar surface area (TPSA) is 325 Å². The number of ether oxygens (including phenoxy) is 1. The molecule has 0 radical (unpaired) electrons. The van der Waals surface area contributed by atoms with Gasteiger partial charge in [-0.2, -0.15) is 0 Å². The van der Waals surface area contributed by atoms with Crippen molar-refractivity contribution in [1.29, 1.82) is 0 Å². The molecule has 3 rings (SSSR count). The fraction of sp³-hybridized carbons (Fsp3) is 0.625. The van der Waals surface area contributed by atoms with E-state index in [0.29, 0.717) is 0 Å². The van der Waals surface area contributed by atoms with E-state index >= 15 is 0 Å². The fourth-order valence-corrected chi connectivity index (χ4v) is 5.62. The Labute approximate surface area is 268 Å². The maximum Gasteiger partial charge on any atom is 1.00 e. The molecule has 0 bridgehead atoms. The number of nitrogens with two attached hydrogens (primary N) is 1. The van der Waals surface area contributed by atoms with Gasteiger partial charge in [-0.3, -0.25) is 17.9 Å². The van der Waals surface area contributed by atoms with Crippen molar-refractivity contribution >= 4 is 38.9 Å². The van der Waals surface area contributed by atoms with E-state index in [4.69, 9.17) is 15.0 Å². The molecule has 0 spiro atoms. The number of aldehydes is 1. The van der Waals surface area contributed by atoms with Gasteiger partial charge < -0.3 is 60.3 Å². The third-order valence-electron chi connectivity index (χ3n) is 5.26. The van der Waals surface area contributed by atoms with Gasteiger partial charge in [0.1, 0.15) is 54.6 Å². The molecule has 8 N–H and O–H groups in total. The number of rotatable bonds is 13. The van der Waals surface area contributed by atoms with Crippen LogP contribution in [0.2, 0.25) is 0 Å². The Balaban J connectivity index is 0.00000400. The molecule has 0 aromatic carbocycles. The number of hydrogen-bond acceptors (Lipinski definition) is 19. The average molecular weight is 633 g/mol. The van der Waals surface area contributed by atoms with E-state index in [1.807, 2.05) is 0 Å². The predicted molar refractivity (Wildman–Crippen MR) is 114 cm³/mol. The number of aliphatic hydroxyl groups is 6. The second-order valence-corrected chi connectivity index (χ2v) is 10.7. The molecule has 2 aromatic heterocycles. The van der Waals surface area contributed by atoms with Gasteiger partial charge in [-0.1, -0.05) is 0 Å². The first-order chi connectivity index (χ1) is 17.7. The van der Waals surface area contributed by atoms with E-state index in [0.717, 1.165) is 12.7 Å². The first kappa shape index (κ1) is 38.0. The number of carbonyl (C=O) groups excluding carboxylic acids is 1. The van der Waals surface area contributed by atoms with Crippen LogP contribution < -0.4 is 74.6 Å². The summed E-state index contributed by atoms with van der Waals surface area (Å²) in [5, 5.41) is 59.3. The zero-order valence-corrected chi connectivity index (χ0v) is 26.7. The van der Waals surface area contributed by atoms with Crippen molar-refractivity contribution in [3.63, 3.8) is 0 Å². The first-order valence-electron chi connectivity index (χ1n) is 10.4. The van der Waals surface area contributed by atoms with E-state index in [2.05, 4.69) is 23.8 Å². The van der Waals surface area contributed by atoms with E-state index < -0.39 is 77.8 Å². The number of aliphatic hydroxyl groups excluding tert-OH is 6. The molecule has 20 nitrogen and oxygen atoms in total. The number of nitrogen functional groups attached to an aromatic ring is 1. The van der Waals surface area contributed by atoms with Crippen LogP contribution >= 0.6 is 15.6 Å². The zero-order chi connectivity index (χ0) is 28.4. The van der Waals surface area contributed by atoms with Gasteiger partial charge in [-0.15, -0.1) is 0 Å². The van der Waals surface area contributed by atoms with Crippen molar-refractivity contribution in [3.8, 4) is 0 Å². The molecule has 9 atom stereocenters. The van der Waals surface area contributed by atoms with E-state index in [1.165, 1.54) is 4.57 Å². The normalized spacial score (nSPS) is 25.7. The maximum atomic E-state index is 12.9. The molecule has 1 saturated heterocycles. The van der Waals surface area contributed by atoms with Crippen LogP contribution in [0.4, 0.5) is 5.82 Å². The summed E-state index contributed by atoms with van der Waals surface area (Å²) in [5.74, 6) is 0.00274. The average Bonchev–Trinajstić information content (AvgIpc) is 3.40. The summed E-state index contributed by atoms with van der Waals surface area (Å²) in [6.07, 6.45) is -13.5. The van der Waals surface area contributed by atoms with Crippen LogP contribution in [-0.2, 0) is 32.0 Å². The van der Waals surface area contributed by atoms with Crippen LogP contribution in [-0.4, -0.2) is 112 Å². The van der Waals surface area contributed by atoms with Crippen molar-refractivity contribution in [2.45, 2.75) is 49.0 Å². The summed E-state index contributed by atoms with van der Waals surface area (Å²) in [6, 6.07) is 0. The second-order valence-electron chi connectivity index (χ2n) is 7.84. The number of phosphoric ester groups is 1. The Morgan fingerprint density at radius 1 is 1.12 bits per heavy atom. The monoisotopic (exact) mass is 633 g/mol. The summed E-state index contributed by atoms with van der Waals surface area (Å²) >= 11 is 0. The minimum atomic E-state index is -6.14. The Kier molecular flexibility index (Phi) is 14.9. The van der Waals surface area contributed by atoms with Gasteiger partial charge >= 0.3 is 66.9 Å². The maximum absolute atomic E-state index is 12.9. The van der Waals surface area contributed by atoms with Crippen molar-refractivity contribution in [2.24, 2.45) is 0 Å². The Bertz CT molecular complexity index is 1220. The minimum Gasteiger partial charge on any atom is -0.789 e. The molecular formula is C16H23N5Na2O15P2. The third kappa shape index (κ3) is 9.01. The number of aromatic nitrogens is 4. The molecule has 2 aromatic rings. The Hall–Kier alpha value is -0.000000000000000888. The van der Waals surface area contributed by atoms with Crippen LogP contribution in [0.1, 0.15) is 6.23 Å². The molecular weight excluding hydrogens is 610 g/mol. The summed E-state index contributed by atoms with van der Waals surface area (Å²) in [4.78, 5) is 44.6. The zero-order valence-electron chi connectivity index (χ0n) is 20.9. The summed E-state index contributed by atoms with van der Waals surface area (Å²) in [5.41, 5.74) is 5.94.